The molecule has 0 aliphatic heterocycles. The van der Waals surface area contributed by atoms with Crippen LogP contribution in [0.3, 0.4) is 0 Å². The molecule has 0 heterocycles. The fourth-order valence-corrected chi connectivity index (χ4v) is 2.50. The molecule has 0 radical (unpaired) electrons. The van der Waals surface area contributed by atoms with Crippen LogP contribution in [0.5, 0.6) is 0 Å². The highest BCUT2D eigenvalue weighted by atomic mass is 16.1. The van der Waals surface area contributed by atoms with Crippen LogP contribution in [-0.2, 0) is 10.2 Å². The predicted molar refractivity (Wildman–Crippen MR) is 81.5 cm³/mol. The van der Waals surface area contributed by atoms with Crippen LogP contribution in [0.2, 0.25) is 0 Å². The van der Waals surface area contributed by atoms with E-state index in [-0.39, 0.29) is 17.2 Å². The molecule has 2 nitrogen and oxygen atoms in total. The minimum atomic E-state index is -0.0436. The van der Waals surface area contributed by atoms with Gasteiger partial charge in [-0.3, -0.25) is 0 Å². The average molecular weight is 261 g/mol. The topological polar surface area (TPSA) is 43.1 Å². The molecule has 1 unspecified atom stereocenters. The van der Waals surface area contributed by atoms with Crippen molar-refractivity contribution in [2.24, 2.45) is 5.73 Å². The summed E-state index contributed by atoms with van der Waals surface area (Å²) in [5.74, 6) is 0.206. The molecule has 0 spiro atoms. The molecule has 1 aromatic rings. The van der Waals surface area contributed by atoms with Gasteiger partial charge in [-0.05, 0) is 54.9 Å². The lowest BCUT2D eigenvalue weighted by molar-refractivity contribution is -0.117. The number of carbonyl (C=O) groups excluding carboxylic acids is 1. The van der Waals surface area contributed by atoms with Gasteiger partial charge in [0.25, 0.3) is 0 Å². The van der Waals surface area contributed by atoms with Crippen LogP contribution in [0.15, 0.2) is 12.1 Å². The van der Waals surface area contributed by atoms with Crippen molar-refractivity contribution in [3.63, 3.8) is 0 Å². The van der Waals surface area contributed by atoms with Crippen molar-refractivity contribution >= 4 is 5.78 Å². The molecular weight excluding hydrogens is 234 g/mol. The molecule has 0 amide bonds. The number of aryl methyl sites for hydroxylation is 2. The van der Waals surface area contributed by atoms with Gasteiger partial charge < -0.3 is 10.5 Å². The quantitative estimate of drug-likeness (QED) is 0.891. The summed E-state index contributed by atoms with van der Waals surface area (Å²) in [6.45, 7) is 12.5. The number of rotatable bonds is 4. The molecule has 1 rings (SSSR count). The summed E-state index contributed by atoms with van der Waals surface area (Å²) >= 11 is 0. The number of nitrogens with two attached hydrogens (primary N) is 1. The largest absolute Gasteiger partial charge is 0.324 e. The molecule has 1 atom stereocenters. The van der Waals surface area contributed by atoms with Gasteiger partial charge in [0.15, 0.2) is 0 Å². The second-order valence-electron chi connectivity index (χ2n) is 6.62. The zero-order valence-electron chi connectivity index (χ0n) is 13.1. The normalized spacial score (nSPS) is 13.4. The zero-order chi connectivity index (χ0) is 14.8. The van der Waals surface area contributed by atoms with Crippen molar-refractivity contribution in [1.82, 2.24) is 0 Å². The summed E-state index contributed by atoms with van der Waals surface area (Å²) < 4.78 is 0. The van der Waals surface area contributed by atoms with Crippen LogP contribution in [0.25, 0.3) is 0 Å². The zero-order valence-corrected chi connectivity index (χ0v) is 13.1. The van der Waals surface area contributed by atoms with Crippen LogP contribution in [0.1, 0.15) is 68.8 Å². The molecule has 0 aromatic heterocycles. The molecule has 2 N–H and O–H groups in total. The van der Waals surface area contributed by atoms with Gasteiger partial charge >= 0.3 is 0 Å². The maximum Gasteiger partial charge on any atom is 0.129 e. The van der Waals surface area contributed by atoms with Crippen molar-refractivity contribution < 1.29 is 4.79 Å². The average Bonchev–Trinajstić information content (AvgIpc) is 2.24. The summed E-state index contributed by atoms with van der Waals surface area (Å²) in [5, 5.41) is 0. The molecule has 0 saturated heterocycles. The molecule has 19 heavy (non-hydrogen) atoms. The third kappa shape index (κ3) is 4.17. The van der Waals surface area contributed by atoms with E-state index in [1.165, 1.54) is 22.3 Å². The Morgan fingerprint density at radius 2 is 1.68 bits per heavy atom. The maximum absolute atomic E-state index is 11.1. The Morgan fingerprint density at radius 1 is 1.21 bits per heavy atom. The number of hydrogen-bond acceptors (Lipinski definition) is 2. The van der Waals surface area contributed by atoms with E-state index < -0.39 is 0 Å². The first kappa shape index (κ1) is 15.9. The Balaban J connectivity index is 3.06. The SMILES string of the molecule is CC(=O)CCC(N)c1c(C)cc(C(C)(C)C)cc1C. The van der Waals surface area contributed by atoms with Crippen molar-refractivity contribution in [3.05, 3.63) is 34.4 Å². The molecular formula is C17H27NO. The number of carbonyl (C=O) groups is 1. The summed E-state index contributed by atoms with van der Waals surface area (Å²) in [7, 11) is 0. The van der Waals surface area contributed by atoms with Gasteiger partial charge in [-0.1, -0.05) is 32.9 Å². The molecule has 1 aromatic carbocycles. The third-order valence-corrected chi connectivity index (χ3v) is 3.64. The van der Waals surface area contributed by atoms with Gasteiger partial charge in [0.1, 0.15) is 5.78 Å². The van der Waals surface area contributed by atoms with Crippen molar-refractivity contribution in [2.75, 3.05) is 0 Å². The number of hydrogen-bond donors (Lipinski definition) is 1. The second kappa shape index (κ2) is 5.87. The van der Waals surface area contributed by atoms with E-state index in [1.807, 2.05) is 0 Å². The van der Waals surface area contributed by atoms with Gasteiger partial charge in [0.05, 0.1) is 0 Å². The van der Waals surface area contributed by atoms with Crippen molar-refractivity contribution in [2.45, 2.75) is 65.8 Å². The van der Waals surface area contributed by atoms with E-state index in [2.05, 4.69) is 46.8 Å². The highest BCUT2D eigenvalue weighted by Crippen LogP contribution is 2.30. The first-order valence-electron chi connectivity index (χ1n) is 6.99. The van der Waals surface area contributed by atoms with E-state index in [0.717, 1.165) is 6.42 Å². The molecule has 0 fully saturated rings. The summed E-state index contributed by atoms with van der Waals surface area (Å²) in [6.07, 6.45) is 1.28. The van der Waals surface area contributed by atoms with Crippen LogP contribution < -0.4 is 5.73 Å². The Labute approximate surface area is 117 Å². The Hall–Kier alpha value is -1.15. The molecule has 2 heteroatoms. The van der Waals surface area contributed by atoms with Crippen molar-refractivity contribution in [1.29, 1.82) is 0 Å². The summed E-state index contributed by atoms with van der Waals surface area (Å²) in [4.78, 5) is 11.1. The molecule has 0 saturated carbocycles. The third-order valence-electron chi connectivity index (χ3n) is 3.64. The monoisotopic (exact) mass is 261 g/mol. The minimum Gasteiger partial charge on any atom is -0.324 e. The first-order chi connectivity index (χ1) is 8.62. The Kier molecular flexibility index (Phi) is 4.92. The highest BCUT2D eigenvalue weighted by molar-refractivity contribution is 5.75. The number of benzene rings is 1. The smallest absolute Gasteiger partial charge is 0.129 e. The Morgan fingerprint density at radius 3 is 2.05 bits per heavy atom. The fraction of sp³-hybridized carbons (Fsp3) is 0.588. The summed E-state index contributed by atoms with van der Waals surface area (Å²) in [5.41, 5.74) is 11.4. The lowest BCUT2D eigenvalue weighted by Crippen LogP contribution is -2.17. The van der Waals surface area contributed by atoms with Crippen molar-refractivity contribution in [3.8, 4) is 0 Å². The van der Waals surface area contributed by atoms with Gasteiger partial charge in [-0.2, -0.15) is 0 Å². The lowest BCUT2D eigenvalue weighted by atomic mass is 9.82. The standard InChI is InChI=1S/C17H27NO/c1-11-9-14(17(4,5)6)10-12(2)16(11)15(18)8-7-13(3)19/h9-10,15H,7-8,18H2,1-6H3. The van der Waals surface area contributed by atoms with Crippen LogP contribution in [0, 0.1) is 13.8 Å². The van der Waals surface area contributed by atoms with E-state index in [1.54, 1.807) is 6.92 Å². The molecule has 0 aliphatic carbocycles. The van der Waals surface area contributed by atoms with Crippen LogP contribution in [-0.4, -0.2) is 5.78 Å². The lowest BCUT2D eigenvalue weighted by Gasteiger charge is -2.24. The first-order valence-corrected chi connectivity index (χ1v) is 6.99. The summed E-state index contributed by atoms with van der Waals surface area (Å²) in [6, 6.07) is 4.42. The van der Waals surface area contributed by atoms with E-state index in [4.69, 9.17) is 5.73 Å². The molecule has 0 aliphatic rings. The van der Waals surface area contributed by atoms with Gasteiger partial charge in [0.2, 0.25) is 0 Å². The molecule has 106 valence electrons. The number of ketones is 1. The molecule has 0 bridgehead atoms. The van der Waals surface area contributed by atoms with Crippen LogP contribution >= 0.6 is 0 Å². The second-order valence-corrected chi connectivity index (χ2v) is 6.62. The predicted octanol–water partition coefficient (Wildman–Crippen LogP) is 3.97. The minimum absolute atomic E-state index is 0.0436. The van der Waals surface area contributed by atoms with Crippen LogP contribution in [0.4, 0.5) is 0 Å². The van der Waals surface area contributed by atoms with E-state index in [0.29, 0.717) is 6.42 Å². The van der Waals surface area contributed by atoms with Gasteiger partial charge in [-0.15, -0.1) is 0 Å². The van der Waals surface area contributed by atoms with E-state index in [9.17, 15) is 4.79 Å². The maximum atomic E-state index is 11.1. The fourth-order valence-electron chi connectivity index (χ4n) is 2.50. The van der Waals surface area contributed by atoms with Gasteiger partial charge in [-0.25, -0.2) is 0 Å². The van der Waals surface area contributed by atoms with Gasteiger partial charge in [0, 0.05) is 12.5 Å². The Bertz CT molecular complexity index is 446. The highest BCUT2D eigenvalue weighted by Gasteiger charge is 2.18. The number of Topliss-reactive ketones (excluding diaryl/α,β-unsaturated/α-hetero) is 1. The van der Waals surface area contributed by atoms with E-state index >= 15 is 0 Å².